The molecule has 2 aromatic rings. The van der Waals surface area contributed by atoms with Gasteiger partial charge in [0.05, 0.1) is 29.4 Å². The first kappa shape index (κ1) is 30.3. The Bertz CT molecular complexity index is 2090. The largest absolute Gasteiger partial charge is 0.492 e. The van der Waals surface area contributed by atoms with Crippen molar-refractivity contribution >= 4 is 43.9 Å². The maximum Gasteiger partial charge on any atom is 0.328 e. The van der Waals surface area contributed by atoms with Gasteiger partial charge in [0.2, 0.25) is 23.5 Å². The van der Waals surface area contributed by atoms with Crippen LogP contribution >= 0.6 is 0 Å². The van der Waals surface area contributed by atoms with E-state index in [9.17, 15) is 66.9 Å². The van der Waals surface area contributed by atoms with Crippen molar-refractivity contribution in [2.75, 3.05) is 11.5 Å². The number of imide groups is 2. The molecule has 0 aromatic carbocycles. The van der Waals surface area contributed by atoms with Crippen molar-refractivity contribution in [1.82, 2.24) is 19.6 Å². The van der Waals surface area contributed by atoms with Crippen molar-refractivity contribution in [2.24, 2.45) is 35.5 Å². The molecule has 4 amide bonds. The normalized spacial score (nSPS) is 31.1. The molecule has 0 spiro atoms. The SMILES string of the molecule is O=C1C2C3C=CC(C2C(=O)N1O)C1C(=O)N(OS(=O)(=O)CCS(=O)(=O)On2c(O)c4c(c2O)C2C=CC4c4c2c(O)n(O)c4O)C(=O)C31. The van der Waals surface area contributed by atoms with Gasteiger partial charge in [-0.1, -0.05) is 29.0 Å². The van der Waals surface area contributed by atoms with Gasteiger partial charge < -0.3 is 25.6 Å². The van der Waals surface area contributed by atoms with Gasteiger partial charge in [0, 0.05) is 45.9 Å². The zero-order valence-corrected chi connectivity index (χ0v) is 25.3. The van der Waals surface area contributed by atoms with E-state index in [0.29, 0.717) is 0 Å². The van der Waals surface area contributed by atoms with E-state index in [1.165, 1.54) is 24.3 Å². The Morgan fingerprint density at radius 2 is 0.938 bits per heavy atom. The lowest BCUT2D eigenvalue weighted by Gasteiger charge is -2.44. The highest BCUT2D eigenvalue weighted by Gasteiger charge is 2.69. The van der Waals surface area contributed by atoms with Crippen LogP contribution in [0.15, 0.2) is 24.3 Å². The zero-order chi connectivity index (χ0) is 34.5. The number of carbonyl (C=O) groups is 4. The third kappa shape index (κ3) is 3.64. The number of hydrogen-bond donors (Lipinski definition) is 6. The van der Waals surface area contributed by atoms with Crippen LogP contribution in [0.25, 0.3) is 0 Å². The summed E-state index contributed by atoms with van der Waals surface area (Å²) in [6, 6.07) is 0. The zero-order valence-electron chi connectivity index (χ0n) is 23.7. The molecule has 8 atom stereocenters. The van der Waals surface area contributed by atoms with Crippen LogP contribution in [-0.2, 0) is 43.7 Å². The van der Waals surface area contributed by atoms with Crippen molar-refractivity contribution in [1.29, 1.82) is 0 Å². The minimum Gasteiger partial charge on any atom is -0.492 e. The lowest BCUT2D eigenvalue weighted by Crippen LogP contribution is -2.50. The maximum atomic E-state index is 13.2. The van der Waals surface area contributed by atoms with E-state index in [-0.39, 0.29) is 41.8 Å². The second kappa shape index (κ2) is 9.30. The molecule has 1 saturated carbocycles. The molecular weight excluding hydrogens is 688 g/mol. The summed E-state index contributed by atoms with van der Waals surface area (Å²) in [6.45, 7) is 0. The standard InChI is InChI=1S/C26H22N4O16S2/c31-19-11-7-1-2-8(12(11)20(32)27(19)39)16-15(7)23(35)29(24(16)36)45-47(41,42)5-6-48(43,44)46-30-25(37)17-9-3-4-10(18(17)26(30)38)14-13(9)21(33)28(40)22(14)34/h1-4,7-12,15-16,33-34,37-40H,5-6H2. The predicted octanol–water partition coefficient (Wildman–Crippen LogP) is -2.08. The summed E-state index contributed by atoms with van der Waals surface area (Å²) in [7, 11) is -10.0. The van der Waals surface area contributed by atoms with E-state index >= 15 is 0 Å². The fourth-order valence-electron chi connectivity index (χ4n) is 8.08. The van der Waals surface area contributed by atoms with Crippen LogP contribution in [0.5, 0.6) is 23.5 Å². The lowest BCUT2D eigenvalue weighted by molar-refractivity contribution is -0.173. The van der Waals surface area contributed by atoms with E-state index in [4.69, 9.17) is 8.57 Å². The second-order valence-corrected chi connectivity index (χ2v) is 15.5. The van der Waals surface area contributed by atoms with Crippen LogP contribution in [0.1, 0.15) is 34.1 Å². The molecule has 8 aliphatic rings. The minimum absolute atomic E-state index is 0.0278. The Morgan fingerprint density at radius 1 is 0.562 bits per heavy atom. The number of amides is 4. The van der Waals surface area contributed by atoms with Crippen molar-refractivity contribution in [3.05, 3.63) is 46.6 Å². The maximum absolute atomic E-state index is 13.2. The van der Waals surface area contributed by atoms with Crippen molar-refractivity contribution in [2.45, 2.75) is 11.8 Å². The molecule has 6 aliphatic carbocycles. The van der Waals surface area contributed by atoms with Crippen molar-refractivity contribution in [3.8, 4) is 23.5 Å². The number of hydrogen-bond acceptors (Lipinski definition) is 16. The van der Waals surface area contributed by atoms with Crippen molar-refractivity contribution in [3.63, 3.8) is 0 Å². The van der Waals surface area contributed by atoms with Gasteiger partial charge in [0.15, 0.2) is 0 Å². The molecule has 4 bridgehead atoms. The highest BCUT2D eigenvalue weighted by atomic mass is 32.2. The molecule has 20 nitrogen and oxygen atoms in total. The molecule has 2 saturated heterocycles. The van der Waals surface area contributed by atoms with Crippen LogP contribution in [-0.4, -0.2) is 102 Å². The molecule has 4 heterocycles. The summed E-state index contributed by atoms with van der Waals surface area (Å²) in [5, 5.41) is 61.9. The first-order valence-electron chi connectivity index (χ1n) is 14.2. The lowest BCUT2D eigenvalue weighted by atomic mass is 9.54. The highest BCUT2D eigenvalue weighted by molar-refractivity contribution is 7.90. The number of nitrogens with zero attached hydrogens (tertiary/aromatic N) is 4. The van der Waals surface area contributed by atoms with Gasteiger partial charge >= 0.3 is 10.1 Å². The Labute approximate surface area is 267 Å². The predicted molar refractivity (Wildman–Crippen MR) is 146 cm³/mol. The quantitative estimate of drug-likeness (QED) is 0.0778. The van der Waals surface area contributed by atoms with Gasteiger partial charge in [-0.25, -0.2) is 0 Å². The minimum atomic E-state index is -5.04. The number of allylic oxidation sites excluding steroid dienone is 4. The van der Waals surface area contributed by atoms with E-state index < -0.39 is 126 Å². The highest BCUT2D eigenvalue weighted by Crippen LogP contribution is 2.61. The van der Waals surface area contributed by atoms with E-state index in [2.05, 4.69) is 0 Å². The fourth-order valence-corrected chi connectivity index (χ4v) is 10.6. The van der Waals surface area contributed by atoms with Gasteiger partial charge in [-0.2, -0.15) is 21.9 Å². The number of rotatable bonds is 7. The molecule has 0 radical (unpaired) electrons. The summed E-state index contributed by atoms with van der Waals surface area (Å²) in [5.41, 5.74) is -0.315. The van der Waals surface area contributed by atoms with Crippen LogP contribution in [0.2, 0.25) is 0 Å². The molecule has 10 rings (SSSR count). The van der Waals surface area contributed by atoms with Gasteiger partial charge in [-0.3, -0.25) is 28.7 Å². The number of hydroxylamine groups is 4. The summed E-state index contributed by atoms with van der Waals surface area (Å²) in [5.74, 6) is -19.5. The first-order chi connectivity index (χ1) is 22.5. The molecule has 8 unspecified atom stereocenters. The molecule has 3 fully saturated rings. The number of aromatic nitrogens is 2. The second-order valence-electron chi connectivity index (χ2n) is 12.2. The molecule has 2 aromatic heterocycles. The Hall–Kier alpha value is -5.06. The molecule has 22 heteroatoms. The van der Waals surface area contributed by atoms with Crippen LogP contribution in [0.3, 0.4) is 0 Å². The Balaban J connectivity index is 0.991. The Morgan fingerprint density at radius 3 is 1.38 bits per heavy atom. The Kier molecular flexibility index (Phi) is 5.87. The fraction of sp³-hybridized carbons (Fsp3) is 0.385. The third-order valence-electron chi connectivity index (χ3n) is 9.98. The van der Waals surface area contributed by atoms with E-state index in [1.807, 2.05) is 0 Å². The topological polar surface area (TPSA) is 293 Å². The molecule has 254 valence electrons. The molecule has 2 aliphatic heterocycles. The number of aromatic hydroxyl groups is 4. The first-order valence-corrected chi connectivity index (χ1v) is 17.3. The van der Waals surface area contributed by atoms with Crippen LogP contribution in [0.4, 0.5) is 0 Å². The van der Waals surface area contributed by atoms with Gasteiger partial charge in [0.25, 0.3) is 33.7 Å². The summed E-state index contributed by atoms with van der Waals surface area (Å²) in [6.07, 6.45) is 5.81. The molecule has 6 N–H and O–H groups in total. The van der Waals surface area contributed by atoms with E-state index in [1.54, 1.807) is 0 Å². The summed E-state index contributed by atoms with van der Waals surface area (Å²) in [4.78, 5) is 51.5. The third-order valence-corrected chi connectivity index (χ3v) is 12.4. The van der Waals surface area contributed by atoms with E-state index in [0.717, 1.165) is 0 Å². The average molecular weight is 711 g/mol. The number of carbonyl (C=O) groups excluding carboxylic acids is 4. The van der Waals surface area contributed by atoms with Gasteiger partial charge in [-0.15, -0.1) is 14.1 Å². The molecule has 48 heavy (non-hydrogen) atoms. The summed E-state index contributed by atoms with van der Waals surface area (Å²) >= 11 is 0. The van der Waals surface area contributed by atoms with Crippen LogP contribution < -0.4 is 4.28 Å². The van der Waals surface area contributed by atoms with Gasteiger partial charge in [0.1, 0.15) is 5.75 Å². The van der Waals surface area contributed by atoms with Crippen LogP contribution in [0, 0.1) is 35.5 Å². The molecular formula is C26H22N4O16S2. The smallest absolute Gasteiger partial charge is 0.328 e. The monoisotopic (exact) mass is 710 g/mol. The summed E-state index contributed by atoms with van der Waals surface area (Å²) < 4.78 is 61.2. The van der Waals surface area contributed by atoms with Gasteiger partial charge in [-0.05, 0) is 0 Å². The van der Waals surface area contributed by atoms with Crippen molar-refractivity contribution < 1.29 is 75.4 Å². The average Bonchev–Trinajstić information content (AvgIpc) is 3.65.